The Bertz CT molecular complexity index is 1170. The van der Waals surface area contributed by atoms with E-state index >= 15 is 0 Å². The number of hydrogen-bond acceptors (Lipinski definition) is 3. The van der Waals surface area contributed by atoms with Crippen LogP contribution in [0.5, 0.6) is 0 Å². The van der Waals surface area contributed by atoms with E-state index in [1.165, 1.54) is 16.6 Å². The van der Waals surface area contributed by atoms with Crippen LogP contribution >= 0.6 is 0 Å². The molecule has 3 aromatic carbocycles. The largest absolute Gasteiger partial charge is 0.208 e. The van der Waals surface area contributed by atoms with Gasteiger partial charge in [0.1, 0.15) is 7.85 Å². The van der Waals surface area contributed by atoms with Gasteiger partial charge in [-0.3, -0.25) is 0 Å². The van der Waals surface area contributed by atoms with Gasteiger partial charge in [0.15, 0.2) is 17.5 Å². The molecule has 33 heavy (non-hydrogen) atoms. The molecular weight excluding hydrogens is 401 g/mol. The van der Waals surface area contributed by atoms with Crippen LogP contribution in [-0.2, 0) is 10.8 Å². The summed E-state index contributed by atoms with van der Waals surface area (Å²) in [5.41, 5.74) is 6.97. The van der Waals surface area contributed by atoms with Gasteiger partial charge in [-0.1, -0.05) is 120 Å². The van der Waals surface area contributed by atoms with Crippen LogP contribution in [0.3, 0.4) is 0 Å². The molecule has 3 nitrogen and oxygen atoms in total. The lowest BCUT2D eigenvalue weighted by molar-refractivity contribution is 0.590. The summed E-state index contributed by atoms with van der Waals surface area (Å²) >= 11 is 0. The van der Waals surface area contributed by atoms with Crippen molar-refractivity contribution in [2.45, 2.75) is 52.4 Å². The molecule has 0 saturated heterocycles. The van der Waals surface area contributed by atoms with Gasteiger partial charge in [-0.25, -0.2) is 15.0 Å². The lowest BCUT2D eigenvalue weighted by atomic mass is 9.86. The van der Waals surface area contributed by atoms with Crippen molar-refractivity contribution in [2.24, 2.45) is 0 Å². The first-order valence-corrected chi connectivity index (χ1v) is 11.6. The second kappa shape index (κ2) is 8.59. The minimum atomic E-state index is 0.102. The van der Waals surface area contributed by atoms with Crippen LogP contribution < -0.4 is 5.46 Å². The smallest absolute Gasteiger partial charge is 0.164 e. The third-order valence-corrected chi connectivity index (χ3v) is 5.96. The van der Waals surface area contributed by atoms with Gasteiger partial charge in [0.2, 0.25) is 0 Å². The Labute approximate surface area is 198 Å². The van der Waals surface area contributed by atoms with E-state index in [1.54, 1.807) is 0 Å². The van der Waals surface area contributed by atoms with E-state index in [0.717, 1.165) is 16.7 Å². The molecule has 0 bridgehead atoms. The Hall–Kier alpha value is -3.27. The summed E-state index contributed by atoms with van der Waals surface area (Å²) in [5, 5.41) is 0. The molecule has 0 amide bonds. The number of rotatable bonds is 3. The summed E-state index contributed by atoms with van der Waals surface area (Å²) in [6.45, 7) is 13.3. The van der Waals surface area contributed by atoms with Crippen molar-refractivity contribution in [1.29, 1.82) is 0 Å². The van der Waals surface area contributed by atoms with E-state index in [4.69, 9.17) is 15.0 Å². The molecule has 0 unspecified atom stereocenters. The zero-order valence-electron chi connectivity index (χ0n) is 20.8. The maximum Gasteiger partial charge on any atom is 0.164 e. The highest BCUT2D eigenvalue weighted by molar-refractivity contribution is 6.32. The molecule has 0 atom stereocenters. The van der Waals surface area contributed by atoms with E-state index in [0.29, 0.717) is 17.5 Å². The number of hydrogen-bond donors (Lipinski definition) is 0. The predicted molar refractivity (Wildman–Crippen MR) is 142 cm³/mol. The highest BCUT2D eigenvalue weighted by Gasteiger charge is 2.17. The fourth-order valence-electron chi connectivity index (χ4n) is 3.70. The normalized spacial score (nSPS) is 12.1. The number of nitrogens with zero attached hydrogens (tertiary/aromatic N) is 3. The monoisotopic (exact) mass is 433 g/mol. The first-order chi connectivity index (χ1) is 15.5. The van der Waals surface area contributed by atoms with Crippen molar-refractivity contribution in [3.8, 4) is 34.2 Å². The SMILES string of the molecule is Bc1ccc(-c2nc(-c3ccc(C(C)(C)C)cc3)nc(-c3ccc(C(C)(C)C)cc3)n2)cc1. The number of aromatic nitrogens is 3. The molecule has 0 aliphatic carbocycles. The maximum absolute atomic E-state index is 4.88. The molecule has 0 saturated carbocycles. The fourth-order valence-corrected chi connectivity index (χ4v) is 3.70. The maximum atomic E-state index is 4.88. The predicted octanol–water partition coefficient (Wildman–Crippen LogP) is 5.73. The summed E-state index contributed by atoms with van der Waals surface area (Å²) in [5.74, 6) is 2.07. The van der Waals surface area contributed by atoms with Crippen molar-refractivity contribution in [3.63, 3.8) is 0 Å². The second-order valence-corrected chi connectivity index (χ2v) is 10.8. The molecule has 4 heteroatoms. The Balaban J connectivity index is 1.83. The van der Waals surface area contributed by atoms with Gasteiger partial charge in [-0.15, -0.1) is 0 Å². The average Bonchev–Trinajstić information content (AvgIpc) is 2.78. The van der Waals surface area contributed by atoms with Crippen LogP contribution in [0.2, 0.25) is 0 Å². The van der Waals surface area contributed by atoms with E-state index in [2.05, 4.69) is 122 Å². The van der Waals surface area contributed by atoms with Crippen molar-refractivity contribution in [2.75, 3.05) is 0 Å². The van der Waals surface area contributed by atoms with E-state index in [1.807, 2.05) is 0 Å². The quantitative estimate of drug-likeness (QED) is 0.388. The minimum absolute atomic E-state index is 0.102. The molecule has 0 aliphatic heterocycles. The molecule has 4 rings (SSSR count). The van der Waals surface area contributed by atoms with Gasteiger partial charge in [0.05, 0.1) is 0 Å². The summed E-state index contributed by atoms with van der Waals surface area (Å²) < 4.78 is 0. The van der Waals surface area contributed by atoms with Crippen LogP contribution in [0.25, 0.3) is 34.2 Å². The lowest BCUT2D eigenvalue weighted by Crippen LogP contribution is -2.11. The summed E-state index contributed by atoms with van der Waals surface area (Å²) in [6.07, 6.45) is 0. The molecule has 166 valence electrons. The summed E-state index contributed by atoms with van der Waals surface area (Å²) in [4.78, 5) is 14.6. The third-order valence-electron chi connectivity index (χ3n) is 5.96. The van der Waals surface area contributed by atoms with Crippen molar-refractivity contribution >= 4 is 13.3 Å². The van der Waals surface area contributed by atoms with Gasteiger partial charge in [-0.2, -0.15) is 0 Å². The minimum Gasteiger partial charge on any atom is -0.208 e. The van der Waals surface area contributed by atoms with Crippen LogP contribution in [-0.4, -0.2) is 22.8 Å². The van der Waals surface area contributed by atoms with Gasteiger partial charge >= 0.3 is 0 Å². The molecule has 0 N–H and O–H groups in total. The average molecular weight is 433 g/mol. The molecule has 1 aromatic heterocycles. The van der Waals surface area contributed by atoms with Crippen molar-refractivity contribution in [3.05, 3.63) is 83.9 Å². The molecule has 1 heterocycles. The topological polar surface area (TPSA) is 38.7 Å². The zero-order chi connectivity index (χ0) is 23.8. The summed E-state index contributed by atoms with van der Waals surface area (Å²) in [7, 11) is 2.08. The molecule has 0 radical (unpaired) electrons. The van der Waals surface area contributed by atoms with Crippen LogP contribution in [0.1, 0.15) is 52.7 Å². The van der Waals surface area contributed by atoms with Gasteiger partial charge in [-0.05, 0) is 22.0 Å². The molecule has 0 spiro atoms. The Morgan fingerprint density at radius 1 is 0.455 bits per heavy atom. The first kappa shape index (κ1) is 22.9. The molecular formula is C29H32BN3. The van der Waals surface area contributed by atoms with E-state index in [-0.39, 0.29) is 10.8 Å². The standard InChI is InChI=1S/C29H32BN3/c1-28(2,3)22-13-7-19(8-14-22)25-31-26(20-9-15-23(16-10-20)29(4,5)6)33-27(32-25)21-11-17-24(30)18-12-21/h7-18H,30H2,1-6H3. The zero-order valence-corrected chi connectivity index (χ0v) is 20.8. The van der Waals surface area contributed by atoms with Crippen molar-refractivity contribution in [1.82, 2.24) is 15.0 Å². The Morgan fingerprint density at radius 3 is 1.00 bits per heavy atom. The van der Waals surface area contributed by atoms with Crippen LogP contribution in [0.4, 0.5) is 0 Å². The summed E-state index contributed by atoms with van der Waals surface area (Å²) in [6, 6.07) is 25.5. The number of benzene rings is 3. The molecule has 4 aromatic rings. The first-order valence-electron chi connectivity index (χ1n) is 11.6. The van der Waals surface area contributed by atoms with E-state index in [9.17, 15) is 0 Å². The lowest BCUT2D eigenvalue weighted by Gasteiger charge is -2.19. The van der Waals surface area contributed by atoms with E-state index < -0.39 is 0 Å². The van der Waals surface area contributed by atoms with Crippen molar-refractivity contribution < 1.29 is 0 Å². The van der Waals surface area contributed by atoms with Gasteiger partial charge < -0.3 is 0 Å². The fraction of sp³-hybridized carbons (Fsp3) is 0.276. The Morgan fingerprint density at radius 2 is 0.727 bits per heavy atom. The van der Waals surface area contributed by atoms with Gasteiger partial charge in [0, 0.05) is 16.7 Å². The molecule has 0 fully saturated rings. The third kappa shape index (κ3) is 5.22. The van der Waals surface area contributed by atoms with Gasteiger partial charge in [0.25, 0.3) is 0 Å². The highest BCUT2D eigenvalue weighted by Crippen LogP contribution is 2.29. The van der Waals surface area contributed by atoms with Crippen LogP contribution in [0, 0.1) is 0 Å². The molecule has 0 aliphatic rings. The Kier molecular flexibility index (Phi) is 5.96. The second-order valence-electron chi connectivity index (χ2n) is 10.8. The van der Waals surface area contributed by atoms with Crippen LogP contribution in [0.15, 0.2) is 72.8 Å². The highest BCUT2D eigenvalue weighted by atomic mass is 15.0.